The molecule has 1 aromatic rings. The predicted molar refractivity (Wildman–Crippen MR) is 65.5 cm³/mol. The van der Waals surface area contributed by atoms with Crippen molar-refractivity contribution in [2.24, 2.45) is 5.22 Å². The number of nitrogens with zero attached hydrogens (tertiary/aromatic N) is 4. The van der Waals surface area contributed by atoms with E-state index in [0.717, 1.165) is 0 Å². The molecular weight excluding hydrogens is 335 g/mol. The highest BCUT2D eigenvalue weighted by atomic mass is 32.1. The summed E-state index contributed by atoms with van der Waals surface area (Å²) in [6, 6.07) is 0. The van der Waals surface area contributed by atoms with Gasteiger partial charge in [0.25, 0.3) is 0 Å². The van der Waals surface area contributed by atoms with E-state index in [2.05, 4.69) is 27.2 Å². The molecule has 0 atom stereocenters. The van der Waals surface area contributed by atoms with Gasteiger partial charge in [0, 0.05) is 16.8 Å². The summed E-state index contributed by atoms with van der Waals surface area (Å²) in [6.07, 6.45) is 0.0389. The Hall–Kier alpha value is -2.46. The van der Waals surface area contributed by atoms with Gasteiger partial charge in [-0.3, -0.25) is 4.84 Å². The fraction of sp³-hybridized carbons (Fsp3) is 0.200. The zero-order valence-electron chi connectivity index (χ0n) is 10.6. The standard InChI is InChI=1S/C10H5F5N4O2S/c1-2-3(22)21-19(18-17-16)10(20)4-5(11)7(13)9(15)8(14)6(4)12/h2H2,1H3. The summed E-state index contributed by atoms with van der Waals surface area (Å²) < 4.78 is 65.9. The SMILES string of the molecule is CCC(=S)ON(N=[N+]=[N-])C(=O)c1c(F)c(F)c(F)c(F)c1F. The number of halogens is 5. The zero-order chi connectivity index (χ0) is 17.0. The minimum absolute atomic E-state index is 0.0389. The number of thiocarbonyl (C=S) groups is 1. The van der Waals surface area contributed by atoms with Gasteiger partial charge in [-0.15, -0.1) is 5.53 Å². The number of amides is 1. The van der Waals surface area contributed by atoms with Crippen LogP contribution in [0.1, 0.15) is 23.7 Å². The Labute approximate surface area is 124 Å². The van der Waals surface area contributed by atoms with Crippen molar-refractivity contribution in [2.75, 3.05) is 0 Å². The first kappa shape index (κ1) is 17.6. The Balaban J connectivity index is 3.43. The molecule has 0 bridgehead atoms. The van der Waals surface area contributed by atoms with Crippen LogP contribution in [0.5, 0.6) is 0 Å². The van der Waals surface area contributed by atoms with Gasteiger partial charge in [-0.25, -0.2) is 26.7 Å². The van der Waals surface area contributed by atoms with Gasteiger partial charge in [0.15, 0.2) is 23.3 Å². The summed E-state index contributed by atoms with van der Waals surface area (Å²) in [6.45, 7) is 1.47. The van der Waals surface area contributed by atoms with Crippen LogP contribution in [0.15, 0.2) is 5.22 Å². The van der Waals surface area contributed by atoms with Gasteiger partial charge in [0.2, 0.25) is 10.9 Å². The molecule has 0 saturated carbocycles. The number of carbonyl (C=O) groups is 1. The Morgan fingerprint density at radius 1 is 1.18 bits per heavy atom. The van der Waals surface area contributed by atoms with E-state index < -0.39 is 40.6 Å². The zero-order valence-corrected chi connectivity index (χ0v) is 11.4. The molecule has 6 nitrogen and oxygen atoms in total. The molecule has 12 heteroatoms. The van der Waals surface area contributed by atoms with E-state index in [9.17, 15) is 26.7 Å². The van der Waals surface area contributed by atoms with Crippen LogP contribution in [0.2, 0.25) is 0 Å². The maximum atomic E-state index is 13.5. The summed E-state index contributed by atoms with van der Waals surface area (Å²) in [5.41, 5.74) is 6.41. The molecule has 0 fully saturated rings. The van der Waals surface area contributed by atoms with Crippen molar-refractivity contribution in [1.29, 1.82) is 0 Å². The second kappa shape index (κ2) is 7.00. The van der Waals surface area contributed by atoms with Gasteiger partial charge >= 0.3 is 5.91 Å². The minimum Gasteiger partial charge on any atom is -0.282 e. The van der Waals surface area contributed by atoms with Gasteiger partial charge < -0.3 is 0 Å². The summed E-state index contributed by atoms with van der Waals surface area (Å²) in [5, 5.41) is 1.99. The van der Waals surface area contributed by atoms with Crippen LogP contribution in [0.4, 0.5) is 22.0 Å². The number of hydrogen-bond donors (Lipinski definition) is 0. The number of azide groups is 1. The Kier molecular flexibility index (Phi) is 5.60. The first-order valence-corrected chi connectivity index (χ1v) is 5.78. The quantitative estimate of drug-likeness (QED) is 0.123. The maximum Gasteiger partial charge on any atom is 0.390 e. The molecule has 1 rings (SSSR count). The molecule has 22 heavy (non-hydrogen) atoms. The van der Waals surface area contributed by atoms with Crippen LogP contribution in [-0.4, -0.2) is 16.1 Å². The van der Waals surface area contributed by atoms with Gasteiger partial charge in [-0.05, 0) is 12.2 Å². The van der Waals surface area contributed by atoms with E-state index in [1.54, 1.807) is 0 Å². The van der Waals surface area contributed by atoms with Crippen molar-refractivity contribution in [3.63, 3.8) is 0 Å². The molecule has 0 saturated heterocycles. The monoisotopic (exact) mass is 340 g/mol. The average Bonchev–Trinajstić information content (AvgIpc) is 2.50. The summed E-state index contributed by atoms with van der Waals surface area (Å²) >= 11 is 4.56. The molecule has 0 aliphatic carbocycles. The van der Waals surface area contributed by atoms with Crippen LogP contribution < -0.4 is 0 Å². The molecule has 0 radical (unpaired) electrons. The molecule has 0 aliphatic rings. The summed E-state index contributed by atoms with van der Waals surface area (Å²) in [5.74, 6) is -13.8. The molecule has 0 N–H and O–H groups in total. The molecule has 0 aromatic heterocycles. The van der Waals surface area contributed by atoms with E-state index in [1.807, 2.05) is 0 Å². The van der Waals surface area contributed by atoms with E-state index >= 15 is 0 Å². The third kappa shape index (κ3) is 3.23. The molecule has 1 amide bonds. The minimum atomic E-state index is -2.44. The molecule has 0 heterocycles. The Bertz CT molecular complexity index is 663. The van der Waals surface area contributed by atoms with Crippen LogP contribution >= 0.6 is 12.2 Å². The van der Waals surface area contributed by atoms with Crippen molar-refractivity contribution in [3.05, 3.63) is 45.1 Å². The first-order chi connectivity index (χ1) is 10.3. The van der Waals surface area contributed by atoms with E-state index in [1.165, 1.54) is 6.92 Å². The average molecular weight is 340 g/mol. The Morgan fingerprint density at radius 2 is 1.64 bits per heavy atom. The summed E-state index contributed by atoms with van der Waals surface area (Å²) in [7, 11) is 0. The first-order valence-electron chi connectivity index (χ1n) is 5.37. The topological polar surface area (TPSA) is 78.3 Å². The van der Waals surface area contributed by atoms with Crippen LogP contribution in [0, 0.1) is 29.1 Å². The van der Waals surface area contributed by atoms with Crippen molar-refractivity contribution in [3.8, 4) is 0 Å². The van der Waals surface area contributed by atoms with Crippen molar-refractivity contribution < 1.29 is 31.6 Å². The Morgan fingerprint density at radius 3 is 2.05 bits per heavy atom. The third-order valence-corrected chi connectivity index (χ3v) is 2.56. The smallest absolute Gasteiger partial charge is 0.282 e. The van der Waals surface area contributed by atoms with E-state index in [-0.39, 0.29) is 16.6 Å². The normalized spacial score (nSPS) is 9.91. The number of rotatable bonds is 3. The molecule has 0 unspecified atom stereocenters. The largest absolute Gasteiger partial charge is 0.390 e. The van der Waals surface area contributed by atoms with E-state index in [4.69, 9.17) is 5.53 Å². The van der Waals surface area contributed by atoms with Crippen LogP contribution in [0.25, 0.3) is 10.4 Å². The molecule has 0 aliphatic heterocycles. The lowest BCUT2D eigenvalue weighted by molar-refractivity contribution is -0.0446. The lowest BCUT2D eigenvalue weighted by Gasteiger charge is -2.12. The molecular formula is C10H5F5N4O2S. The fourth-order valence-electron chi connectivity index (χ4n) is 1.19. The lowest BCUT2D eigenvalue weighted by Crippen LogP contribution is -2.30. The van der Waals surface area contributed by atoms with Crippen LogP contribution in [-0.2, 0) is 4.84 Å². The molecule has 118 valence electrons. The van der Waals surface area contributed by atoms with Gasteiger partial charge in [0.1, 0.15) is 5.56 Å². The van der Waals surface area contributed by atoms with Crippen molar-refractivity contribution in [2.45, 2.75) is 13.3 Å². The molecule has 1 aromatic carbocycles. The van der Waals surface area contributed by atoms with Gasteiger partial charge in [0.05, 0.1) is 0 Å². The second-order valence-corrected chi connectivity index (χ2v) is 3.97. The number of hydroxylamine groups is 1. The lowest BCUT2D eigenvalue weighted by atomic mass is 10.1. The number of carbonyl (C=O) groups excluding carboxylic acids is 1. The van der Waals surface area contributed by atoms with Gasteiger partial charge in [-0.1, -0.05) is 6.92 Å². The fourth-order valence-corrected chi connectivity index (χ4v) is 1.26. The van der Waals surface area contributed by atoms with Crippen molar-refractivity contribution in [1.82, 2.24) is 5.17 Å². The van der Waals surface area contributed by atoms with Crippen LogP contribution in [0.3, 0.4) is 0 Å². The number of hydrogen-bond acceptors (Lipinski definition) is 4. The summed E-state index contributed by atoms with van der Waals surface area (Å²) in [4.78, 5) is 18.4. The highest BCUT2D eigenvalue weighted by Crippen LogP contribution is 2.24. The maximum absolute atomic E-state index is 13.5. The third-order valence-electron chi connectivity index (χ3n) is 2.20. The number of benzene rings is 1. The predicted octanol–water partition coefficient (Wildman–Crippen LogP) is 3.72. The van der Waals surface area contributed by atoms with Crippen molar-refractivity contribution >= 4 is 23.2 Å². The highest BCUT2D eigenvalue weighted by molar-refractivity contribution is 7.80. The highest BCUT2D eigenvalue weighted by Gasteiger charge is 2.36. The van der Waals surface area contributed by atoms with E-state index in [0.29, 0.717) is 0 Å². The van der Waals surface area contributed by atoms with Gasteiger partial charge in [-0.2, -0.15) is 4.91 Å². The second-order valence-electron chi connectivity index (χ2n) is 3.52. The molecule has 0 spiro atoms.